The van der Waals surface area contributed by atoms with E-state index in [1.165, 1.54) is 15.9 Å². The van der Waals surface area contributed by atoms with E-state index < -0.39 is 18.0 Å². The molecule has 1 aliphatic rings. The van der Waals surface area contributed by atoms with Gasteiger partial charge in [-0.1, -0.05) is 35.6 Å². The smallest absolute Gasteiger partial charge is 0.344 e. The van der Waals surface area contributed by atoms with Crippen LogP contribution in [0.4, 0.5) is 0 Å². The summed E-state index contributed by atoms with van der Waals surface area (Å²) in [5, 5.41) is 0. The number of esters is 2. The van der Waals surface area contributed by atoms with Crippen LogP contribution < -0.4 is 29.1 Å². The number of aromatic nitrogens is 1. The maximum atomic E-state index is 14.0. The zero-order chi connectivity index (χ0) is 31.1. The first-order valence-corrected chi connectivity index (χ1v) is 15.0. The molecule has 0 saturated heterocycles. The molecule has 0 radical (unpaired) electrons. The molecule has 1 atom stereocenters. The molecule has 0 N–H and O–H groups in total. The third kappa shape index (κ3) is 7.16. The maximum absolute atomic E-state index is 14.0. The van der Waals surface area contributed by atoms with Crippen LogP contribution in [0, 0.1) is 0 Å². The highest BCUT2D eigenvalue weighted by atomic mass is 32.1. The molecule has 10 nitrogen and oxygen atoms in total. The molecular weight excluding hydrogens is 572 g/mol. The largest absolute Gasteiger partial charge is 0.491 e. The second-order valence-corrected chi connectivity index (χ2v) is 10.7. The first kappa shape index (κ1) is 31.6. The third-order valence-corrected chi connectivity index (χ3v) is 7.29. The van der Waals surface area contributed by atoms with Gasteiger partial charge in [0.1, 0.15) is 11.8 Å². The van der Waals surface area contributed by atoms with E-state index >= 15 is 0 Å². The Morgan fingerprint density at radius 3 is 2.42 bits per heavy atom. The molecule has 228 valence electrons. The number of carbonyl (C=O) groups excluding carboxylic acids is 2. The maximum Gasteiger partial charge on any atom is 0.344 e. The molecular formula is C32H36N2O8S. The Kier molecular flexibility index (Phi) is 10.4. The lowest BCUT2D eigenvalue weighted by Gasteiger charge is -2.26. The van der Waals surface area contributed by atoms with Gasteiger partial charge in [0, 0.05) is 5.56 Å². The molecule has 0 aliphatic carbocycles. The second-order valence-electron chi connectivity index (χ2n) is 9.74. The van der Waals surface area contributed by atoms with Gasteiger partial charge in [-0.05, 0) is 71.4 Å². The number of carbonyl (C=O) groups is 2. The minimum absolute atomic E-state index is 0.128. The Balaban J connectivity index is 1.84. The number of hydrogen-bond acceptors (Lipinski definition) is 10. The molecule has 0 fully saturated rings. The lowest BCUT2D eigenvalue weighted by Crippen LogP contribution is -2.40. The molecule has 0 bridgehead atoms. The molecule has 0 amide bonds. The van der Waals surface area contributed by atoms with Crippen LogP contribution in [0.1, 0.15) is 58.7 Å². The van der Waals surface area contributed by atoms with Gasteiger partial charge in [0.2, 0.25) is 0 Å². The number of hydrogen-bond donors (Lipinski definition) is 0. The van der Waals surface area contributed by atoms with Crippen molar-refractivity contribution >= 4 is 29.4 Å². The van der Waals surface area contributed by atoms with Crippen LogP contribution in [-0.2, 0) is 19.1 Å². The summed E-state index contributed by atoms with van der Waals surface area (Å²) in [7, 11) is 0. The van der Waals surface area contributed by atoms with Crippen molar-refractivity contribution < 1.29 is 33.3 Å². The van der Waals surface area contributed by atoms with Crippen LogP contribution in [0.5, 0.6) is 17.2 Å². The number of allylic oxidation sites excluding steroid dienone is 1. The Labute approximate surface area is 253 Å². The van der Waals surface area contributed by atoms with Crippen molar-refractivity contribution in [1.82, 2.24) is 4.57 Å². The van der Waals surface area contributed by atoms with Crippen LogP contribution >= 0.6 is 11.3 Å². The van der Waals surface area contributed by atoms with Crippen molar-refractivity contribution in [3.05, 3.63) is 84.5 Å². The monoisotopic (exact) mass is 608 g/mol. The summed E-state index contributed by atoms with van der Waals surface area (Å²) in [6, 6.07) is 11.7. The van der Waals surface area contributed by atoms with Gasteiger partial charge in [0.15, 0.2) is 22.9 Å². The summed E-state index contributed by atoms with van der Waals surface area (Å²) in [6.07, 6.45) is 1.61. The third-order valence-electron chi connectivity index (χ3n) is 6.31. The molecule has 11 heteroatoms. The van der Waals surface area contributed by atoms with Gasteiger partial charge >= 0.3 is 11.9 Å². The lowest BCUT2D eigenvalue weighted by molar-refractivity contribution is -0.145. The summed E-state index contributed by atoms with van der Waals surface area (Å²) in [6.45, 7) is 11.4. The molecule has 43 heavy (non-hydrogen) atoms. The van der Waals surface area contributed by atoms with Gasteiger partial charge in [-0.2, -0.15) is 0 Å². The first-order chi connectivity index (χ1) is 20.7. The molecule has 3 aromatic rings. The van der Waals surface area contributed by atoms with E-state index in [1.807, 2.05) is 45.0 Å². The van der Waals surface area contributed by atoms with E-state index in [0.29, 0.717) is 50.0 Å². The van der Waals surface area contributed by atoms with Gasteiger partial charge in [0.25, 0.3) is 5.56 Å². The number of thiazole rings is 1. The highest BCUT2D eigenvalue weighted by molar-refractivity contribution is 7.07. The van der Waals surface area contributed by atoms with Crippen LogP contribution in [0.25, 0.3) is 6.08 Å². The molecule has 2 aromatic carbocycles. The van der Waals surface area contributed by atoms with Crippen molar-refractivity contribution in [1.29, 1.82) is 0 Å². The van der Waals surface area contributed by atoms with E-state index in [1.54, 1.807) is 45.0 Å². The summed E-state index contributed by atoms with van der Waals surface area (Å²) in [5.74, 6) is 0.342. The van der Waals surface area contributed by atoms with E-state index in [0.717, 1.165) is 0 Å². The fourth-order valence-electron chi connectivity index (χ4n) is 4.65. The van der Waals surface area contributed by atoms with Gasteiger partial charge < -0.3 is 23.7 Å². The van der Waals surface area contributed by atoms with Crippen LogP contribution in [-0.4, -0.2) is 49.0 Å². The fraction of sp³-hybridized carbons (Fsp3) is 0.375. The summed E-state index contributed by atoms with van der Waals surface area (Å²) in [4.78, 5) is 44.2. The Morgan fingerprint density at radius 2 is 1.72 bits per heavy atom. The molecule has 1 aliphatic heterocycles. The molecule has 0 unspecified atom stereocenters. The zero-order valence-corrected chi connectivity index (χ0v) is 26.0. The van der Waals surface area contributed by atoms with E-state index in [-0.39, 0.29) is 37.1 Å². The van der Waals surface area contributed by atoms with E-state index in [2.05, 4.69) is 4.99 Å². The molecule has 2 heterocycles. The molecule has 4 rings (SSSR count). The Bertz CT molecular complexity index is 1700. The zero-order valence-electron chi connectivity index (χ0n) is 25.2. The number of nitrogens with zero attached hydrogens (tertiary/aromatic N) is 2. The standard InChI is InChI=1S/C32H36N2O8S/c1-7-38-25-16-21(14-15-24(25)41-18-27(35)39-8-2)17-26-30(36)34-29(22-12-10-11-13-23(22)42-19(4)5)28(31(37)40-9-3)20(6)33-32(34)43-26/h10-17,19,29H,7-9,18H2,1-6H3/b26-17+/t29-/m1/s1. The van der Waals surface area contributed by atoms with Crippen molar-refractivity contribution in [3.8, 4) is 17.2 Å². The van der Waals surface area contributed by atoms with E-state index in [4.69, 9.17) is 23.7 Å². The van der Waals surface area contributed by atoms with Crippen molar-refractivity contribution in [2.75, 3.05) is 26.4 Å². The predicted molar refractivity (Wildman–Crippen MR) is 162 cm³/mol. The first-order valence-electron chi connectivity index (χ1n) is 14.2. The van der Waals surface area contributed by atoms with E-state index in [9.17, 15) is 14.4 Å². The van der Waals surface area contributed by atoms with Gasteiger partial charge in [0.05, 0.1) is 41.7 Å². The van der Waals surface area contributed by atoms with Crippen LogP contribution in [0.2, 0.25) is 0 Å². The highest BCUT2D eigenvalue weighted by Crippen LogP contribution is 2.36. The minimum atomic E-state index is -0.801. The SMILES string of the molecule is CCOC(=O)COc1ccc(/C=c2/sc3n(c2=O)[C@H](c2ccccc2OC(C)C)C(C(=O)OCC)=C(C)N=3)cc1OCC. The van der Waals surface area contributed by atoms with Crippen LogP contribution in [0.15, 0.2) is 63.5 Å². The number of ether oxygens (including phenoxy) is 5. The summed E-state index contributed by atoms with van der Waals surface area (Å²) < 4.78 is 29.7. The normalized spacial score (nSPS) is 14.7. The molecule has 0 spiro atoms. The van der Waals surface area contributed by atoms with Crippen molar-refractivity contribution in [2.24, 2.45) is 4.99 Å². The quantitative estimate of drug-likeness (QED) is 0.284. The average Bonchev–Trinajstić information content (AvgIpc) is 3.26. The predicted octanol–water partition coefficient (Wildman–Crippen LogP) is 3.93. The fourth-order valence-corrected chi connectivity index (χ4v) is 5.69. The topological polar surface area (TPSA) is 115 Å². The summed E-state index contributed by atoms with van der Waals surface area (Å²) >= 11 is 1.22. The van der Waals surface area contributed by atoms with Crippen molar-refractivity contribution in [2.45, 2.75) is 53.7 Å². The number of para-hydroxylation sites is 1. The average molecular weight is 609 g/mol. The minimum Gasteiger partial charge on any atom is -0.491 e. The van der Waals surface area contributed by atoms with Crippen molar-refractivity contribution in [3.63, 3.8) is 0 Å². The number of fused-ring (bicyclic) bond motifs is 1. The molecule has 0 saturated carbocycles. The summed E-state index contributed by atoms with van der Waals surface area (Å²) in [5.41, 5.74) is 1.77. The second kappa shape index (κ2) is 14.2. The number of benzene rings is 2. The van der Waals surface area contributed by atoms with Gasteiger partial charge in [-0.3, -0.25) is 9.36 Å². The number of rotatable bonds is 12. The van der Waals surface area contributed by atoms with Crippen LogP contribution in [0.3, 0.4) is 0 Å². The Hall–Kier alpha value is -4.38. The lowest BCUT2D eigenvalue weighted by atomic mass is 9.95. The highest BCUT2D eigenvalue weighted by Gasteiger charge is 2.35. The molecule has 1 aromatic heterocycles. The van der Waals surface area contributed by atoms with Gasteiger partial charge in [-0.15, -0.1) is 0 Å². The van der Waals surface area contributed by atoms with Gasteiger partial charge in [-0.25, -0.2) is 14.6 Å². The Morgan fingerprint density at radius 1 is 0.977 bits per heavy atom.